The molecule has 0 aliphatic carbocycles. The number of aromatic nitrogens is 1. The molecule has 33 heavy (non-hydrogen) atoms. The van der Waals surface area contributed by atoms with Gasteiger partial charge in [0.15, 0.2) is 11.5 Å². The molecule has 3 heterocycles. The van der Waals surface area contributed by atoms with Crippen LogP contribution in [0.25, 0.3) is 10.9 Å². The van der Waals surface area contributed by atoms with Crippen molar-refractivity contribution in [2.45, 2.75) is 18.8 Å². The maximum absolute atomic E-state index is 12.4. The van der Waals surface area contributed by atoms with Crippen LogP contribution in [0.5, 0.6) is 17.2 Å². The summed E-state index contributed by atoms with van der Waals surface area (Å²) in [6, 6.07) is 10.6. The molecule has 172 valence electrons. The van der Waals surface area contributed by atoms with Gasteiger partial charge >= 0.3 is 6.03 Å². The lowest BCUT2D eigenvalue weighted by molar-refractivity contribution is -0.121. The van der Waals surface area contributed by atoms with Crippen molar-refractivity contribution >= 4 is 28.5 Å². The quantitative estimate of drug-likeness (QED) is 0.550. The molecular formula is C24H26N4O5. The number of urea groups is 1. The van der Waals surface area contributed by atoms with E-state index >= 15 is 0 Å². The summed E-state index contributed by atoms with van der Waals surface area (Å²) in [6.45, 7) is 1.93. The van der Waals surface area contributed by atoms with Crippen molar-refractivity contribution in [2.75, 3.05) is 38.9 Å². The summed E-state index contributed by atoms with van der Waals surface area (Å²) in [5.41, 5.74) is 2.91. The minimum absolute atomic E-state index is 0.161. The summed E-state index contributed by atoms with van der Waals surface area (Å²) in [7, 11) is 1.67. The molecule has 0 unspecified atom stereocenters. The number of aromatic amines is 1. The van der Waals surface area contributed by atoms with E-state index in [0.29, 0.717) is 23.1 Å². The van der Waals surface area contributed by atoms with Crippen LogP contribution in [-0.2, 0) is 4.79 Å². The molecule has 0 spiro atoms. The van der Waals surface area contributed by atoms with Crippen LogP contribution in [0, 0.1) is 0 Å². The summed E-state index contributed by atoms with van der Waals surface area (Å²) in [5.74, 6) is 2.13. The number of amides is 3. The van der Waals surface area contributed by atoms with Gasteiger partial charge in [-0.05, 0) is 67.7 Å². The van der Waals surface area contributed by atoms with E-state index in [0.717, 1.165) is 37.2 Å². The molecule has 2 aromatic carbocycles. The number of nitrogens with one attached hydrogen (secondary N) is 3. The number of H-pyrrole nitrogens is 1. The van der Waals surface area contributed by atoms with Gasteiger partial charge in [-0.15, -0.1) is 0 Å². The number of ether oxygens (including phenoxy) is 3. The number of benzene rings is 2. The van der Waals surface area contributed by atoms with E-state index < -0.39 is 6.03 Å². The van der Waals surface area contributed by atoms with Crippen molar-refractivity contribution in [3.05, 3.63) is 48.2 Å². The minimum Gasteiger partial charge on any atom is -0.497 e. The first-order valence-corrected chi connectivity index (χ1v) is 11.0. The van der Waals surface area contributed by atoms with Crippen LogP contribution in [0.4, 0.5) is 10.5 Å². The molecule has 3 amide bonds. The lowest BCUT2D eigenvalue weighted by Crippen LogP contribution is -2.44. The molecule has 2 aliphatic heterocycles. The summed E-state index contributed by atoms with van der Waals surface area (Å²) in [4.78, 5) is 30.0. The minimum atomic E-state index is -0.568. The third-order valence-electron chi connectivity index (χ3n) is 6.20. The zero-order chi connectivity index (χ0) is 22.8. The highest BCUT2D eigenvalue weighted by Gasteiger charge is 2.24. The van der Waals surface area contributed by atoms with Gasteiger partial charge in [-0.1, -0.05) is 0 Å². The zero-order valence-corrected chi connectivity index (χ0v) is 18.3. The predicted octanol–water partition coefficient (Wildman–Crippen LogP) is 3.43. The van der Waals surface area contributed by atoms with E-state index in [2.05, 4.69) is 32.8 Å². The second-order valence-electron chi connectivity index (χ2n) is 8.28. The van der Waals surface area contributed by atoms with Crippen molar-refractivity contribution in [1.29, 1.82) is 0 Å². The number of carbonyl (C=O) groups excluding carboxylic acids is 2. The number of rotatable bonds is 5. The van der Waals surface area contributed by atoms with Gasteiger partial charge < -0.3 is 24.5 Å². The van der Waals surface area contributed by atoms with E-state index in [1.165, 1.54) is 10.9 Å². The smallest absolute Gasteiger partial charge is 0.325 e. The molecule has 0 bridgehead atoms. The normalized spacial score (nSPS) is 16.0. The molecule has 0 saturated carbocycles. The number of anilines is 1. The molecule has 1 aromatic heterocycles. The van der Waals surface area contributed by atoms with Gasteiger partial charge in [0.05, 0.1) is 13.7 Å². The lowest BCUT2D eigenvalue weighted by Gasteiger charge is -2.31. The Kier molecular flexibility index (Phi) is 5.78. The fourth-order valence-corrected chi connectivity index (χ4v) is 4.49. The van der Waals surface area contributed by atoms with Crippen LogP contribution in [0.1, 0.15) is 24.3 Å². The average molecular weight is 450 g/mol. The van der Waals surface area contributed by atoms with E-state index in [-0.39, 0.29) is 19.2 Å². The highest BCUT2D eigenvalue weighted by molar-refractivity contribution is 6.01. The molecule has 1 saturated heterocycles. The first kappa shape index (κ1) is 21.1. The summed E-state index contributed by atoms with van der Waals surface area (Å²) in [6.07, 6.45) is 3.97. The molecule has 5 rings (SSSR count). The number of hydrogen-bond donors (Lipinski definition) is 3. The van der Waals surface area contributed by atoms with Gasteiger partial charge in [0.25, 0.3) is 0 Å². The summed E-state index contributed by atoms with van der Waals surface area (Å²) in [5, 5.41) is 6.24. The summed E-state index contributed by atoms with van der Waals surface area (Å²) >= 11 is 0. The average Bonchev–Trinajstić information content (AvgIpc) is 3.45. The first-order chi connectivity index (χ1) is 16.1. The maximum atomic E-state index is 12.4. The third kappa shape index (κ3) is 4.58. The van der Waals surface area contributed by atoms with Crippen molar-refractivity contribution in [1.82, 2.24) is 15.2 Å². The van der Waals surface area contributed by atoms with Gasteiger partial charge in [0, 0.05) is 28.9 Å². The van der Waals surface area contributed by atoms with Gasteiger partial charge in [-0.2, -0.15) is 0 Å². The molecule has 3 aromatic rings. The molecule has 1 fully saturated rings. The van der Waals surface area contributed by atoms with Crippen LogP contribution in [0.15, 0.2) is 42.6 Å². The van der Waals surface area contributed by atoms with E-state index in [4.69, 9.17) is 14.2 Å². The lowest BCUT2D eigenvalue weighted by atomic mass is 9.89. The van der Waals surface area contributed by atoms with Gasteiger partial charge in [0.2, 0.25) is 12.7 Å². The zero-order valence-electron chi connectivity index (χ0n) is 18.3. The molecule has 9 heteroatoms. The van der Waals surface area contributed by atoms with Crippen LogP contribution < -0.4 is 24.8 Å². The SMILES string of the molecule is COc1ccc2[nH]cc(C3CCN(CC(=O)NC(=O)Nc4ccc5c(c4)OCO5)CC3)c2c1. The topological polar surface area (TPSA) is 105 Å². The molecule has 2 aliphatic rings. The van der Waals surface area contributed by atoms with Gasteiger partial charge in [-0.25, -0.2) is 4.79 Å². The van der Waals surface area contributed by atoms with E-state index in [1.807, 2.05) is 12.1 Å². The van der Waals surface area contributed by atoms with Gasteiger partial charge in [-0.3, -0.25) is 15.0 Å². The number of likely N-dealkylation sites (tertiary alicyclic amines) is 1. The molecule has 0 atom stereocenters. The maximum Gasteiger partial charge on any atom is 0.325 e. The van der Waals surface area contributed by atoms with Crippen LogP contribution in [0.2, 0.25) is 0 Å². The number of piperidine rings is 1. The fourth-order valence-electron chi connectivity index (χ4n) is 4.49. The van der Waals surface area contributed by atoms with Crippen molar-refractivity contribution in [3.63, 3.8) is 0 Å². The van der Waals surface area contributed by atoms with Crippen LogP contribution >= 0.6 is 0 Å². The third-order valence-corrected chi connectivity index (χ3v) is 6.20. The highest BCUT2D eigenvalue weighted by Crippen LogP contribution is 2.35. The number of nitrogens with zero attached hydrogens (tertiary/aromatic N) is 1. The Morgan fingerprint density at radius 1 is 1.12 bits per heavy atom. The van der Waals surface area contributed by atoms with Crippen molar-refractivity contribution in [3.8, 4) is 17.2 Å². The largest absolute Gasteiger partial charge is 0.497 e. The Balaban J connectivity index is 1.11. The first-order valence-electron chi connectivity index (χ1n) is 11.0. The number of fused-ring (bicyclic) bond motifs is 2. The van der Waals surface area contributed by atoms with E-state index in [1.54, 1.807) is 25.3 Å². The fraction of sp³-hybridized carbons (Fsp3) is 0.333. The van der Waals surface area contributed by atoms with Crippen LogP contribution in [-0.4, -0.2) is 55.4 Å². The Labute approximate surface area is 191 Å². The predicted molar refractivity (Wildman–Crippen MR) is 123 cm³/mol. The standard InChI is InChI=1S/C24H26N4O5/c1-31-17-3-4-20-18(11-17)19(12-25-20)15-6-8-28(9-7-15)13-23(29)27-24(30)26-16-2-5-21-22(10-16)33-14-32-21/h2-5,10-12,15,25H,6-9,13-14H2,1H3,(H2,26,27,29,30). The molecule has 9 nitrogen and oxygen atoms in total. The Morgan fingerprint density at radius 2 is 1.94 bits per heavy atom. The number of methoxy groups -OCH3 is 1. The number of carbonyl (C=O) groups is 2. The Bertz CT molecular complexity index is 1180. The Hall–Kier alpha value is -3.72. The van der Waals surface area contributed by atoms with E-state index in [9.17, 15) is 9.59 Å². The molecular weight excluding hydrogens is 424 g/mol. The second kappa shape index (κ2) is 9.03. The van der Waals surface area contributed by atoms with Crippen molar-refractivity contribution < 1.29 is 23.8 Å². The van der Waals surface area contributed by atoms with Crippen molar-refractivity contribution in [2.24, 2.45) is 0 Å². The summed E-state index contributed by atoms with van der Waals surface area (Å²) < 4.78 is 15.9. The van der Waals surface area contributed by atoms with Crippen LogP contribution in [0.3, 0.4) is 0 Å². The molecule has 3 N–H and O–H groups in total. The Morgan fingerprint density at radius 3 is 2.76 bits per heavy atom. The monoisotopic (exact) mass is 450 g/mol. The number of imide groups is 1. The van der Waals surface area contributed by atoms with Gasteiger partial charge in [0.1, 0.15) is 5.75 Å². The molecule has 0 radical (unpaired) electrons. The highest BCUT2D eigenvalue weighted by atomic mass is 16.7. The second-order valence-corrected chi connectivity index (χ2v) is 8.28. The number of hydrogen-bond acceptors (Lipinski definition) is 6.